The molecule has 0 aliphatic carbocycles. The van der Waals surface area contributed by atoms with Crippen LogP contribution in [0.5, 0.6) is 0 Å². The molecule has 3 rings (SSSR count). The molecule has 0 bridgehead atoms. The monoisotopic (exact) mass is 316 g/mol. The van der Waals surface area contributed by atoms with E-state index in [4.69, 9.17) is 4.74 Å². The summed E-state index contributed by atoms with van der Waals surface area (Å²) in [5.74, 6) is 1.02. The summed E-state index contributed by atoms with van der Waals surface area (Å²) in [4.78, 5) is 6.73. The summed E-state index contributed by atoms with van der Waals surface area (Å²) in [5.41, 5.74) is 1.38. The number of nitrogens with zero attached hydrogens (tertiary/aromatic N) is 2. The average molecular weight is 316 g/mol. The van der Waals surface area contributed by atoms with Crippen LogP contribution in [0, 0.1) is 0 Å². The molecule has 0 spiro atoms. The van der Waals surface area contributed by atoms with E-state index in [2.05, 4.69) is 64.8 Å². The summed E-state index contributed by atoms with van der Waals surface area (Å²) < 4.78 is 5.60. The molecule has 1 atom stereocenters. The molecule has 0 amide bonds. The third kappa shape index (κ3) is 4.03. The van der Waals surface area contributed by atoms with E-state index in [1.165, 1.54) is 5.56 Å². The summed E-state index contributed by atoms with van der Waals surface area (Å²) in [6, 6.07) is 11.0. The molecular formula is C18H28N4O. The number of aliphatic imine (C=N–C) groups is 1. The van der Waals surface area contributed by atoms with E-state index in [-0.39, 0.29) is 5.54 Å². The van der Waals surface area contributed by atoms with Crippen molar-refractivity contribution in [2.45, 2.75) is 31.3 Å². The second-order valence-electron chi connectivity index (χ2n) is 6.65. The van der Waals surface area contributed by atoms with Crippen molar-refractivity contribution in [3.63, 3.8) is 0 Å². The second kappa shape index (κ2) is 7.32. The normalized spacial score (nSPS) is 21.8. The number of rotatable bonds is 5. The second-order valence-corrected chi connectivity index (χ2v) is 6.65. The average Bonchev–Trinajstić information content (AvgIpc) is 3.00. The van der Waals surface area contributed by atoms with E-state index in [1.54, 1.807) is 0 Å². The molecule has 0 saturated carbocycles. The van der Waals surface area contributed by atoms with Gasteiger partial charge in [0.25, 0.3) is 0 Å². The van der Waals surface area contributed by atoms with Crippen LogP contribution in [-0.4, -0.2) is 56.3 Å². The molecule has 1 aromatic carbocycles. The lowest BCUT2D eigenvalue weighted by molar-refractivity contribution is 0.0353. The van der Waals surface area contributed by atoms with E-state index in [0.29, 0.717) is 6.04 Å². The van der Waals surface area contributed by atoms with Crippen LogP contribution in [0.15, 0.2) is 35.3 Å². The highest BCUT2D eigenvalue weighted by Crippen LogP contribution is 2.25. The molecule has 1 unspecified atom stereocenters. The van der Waals surface area contributed by atoms with E-state index in [0.717, 1.165) is 51.6 Å². The Hall–Kier alpha value is -1.59. The maximum absolute atomic E-state index is 5.60. The number of likely N-dealkylation sites (N-methyl/N-ethyl adjacent to an activating group) is 1. The van der Waals surface area contributed by atoms with Crippen LogP contribution in [-0.2, 0) is 4.74 Å². The minimum Gasteiger partial charge on any atom is -0.381 e. The predicted octanol–water partition coefficient (Wildman–Crippen LogP) is 1.78. The van der Waals surface area contributed by atoms with Gasteiger partial charge in [0, 0.05) is 44.9 Å². The van der Waals surface area contributed by atoms with Gasteiger partial charge in [0.2, 0.25) is 0 Å². The van der Waals surface area contributed by atoms with E-state index in [9.17, 15) is 0 Å². The fraction of sp³-hybridized carbons (Fsp3) is 0.611. The lowest BCUT2D eigenvalue weighted by Gasteiger charge is -2.41. The van der Waals surface area contributed by atoms with Gasteiger partial charge < -0.3 is 20.3 Å². The molecular weight excluding hydrogens is 288 g/mol. The number of hydrogen-bond acceptors (Lipinski definition) is 5. The molecule has 1 aromatic rings. The summed E-state index contributed by atoms with van der Waals surface area (Å²) in [7, 11) is 2.09. The van der Waals surface area contributed by atoms with Gasteiger partial charge in [0.1, 0.15) is 0 Å². The Morgan fingerprint density at radius 2 is 2.00 bits per heavy atom. The number of ether oxygens (including phenoxy) is 1. The van der Waals surface area contributed by atoms with Crippen LogP contribution in [0.3, 0.4) is 0 Å². The smallest absolute Gasteiger partial charge is 0.193 e. The molecule has 1 fully saturated rings. The van der Waals surface area contributed by atoms with Gasteiger partial charge in [-0.2, -0.15) is 0 Å². The topological polar surface area (TPSA) is 48.9 Å². The summed E-state index contributed by atoms with van der Waals surface area (Å²) >= 11 is 0. The van der Waals surface area contributed by atoms with Crippen molar-refractivity contribution in [1.29, 1.82) is 0 Å². The third-order valence-electron chi connectivity index (χ3n) is 4.92. The highest BCUT2D eigenvalue weighted by atomic mass is 16.5. The quantitative estimate of drug-likeness (QED) is 0.869. The number of benzene rings is 1. The van der Waals surface area contributed by atoms with Crippen LogP contribution in [0.2, 0.25) is 0 Å². The Bertz CT molecular complexity index is 525. The summed E-state index contributed by atoms with van der Waals surface area (Å²) in [6.45, 7) is 6.66. The maximum atomic E-state index is 5.60. The fourth-order valence-corrected chi connectivity index (χ4v) is 3.39. The van der Waals surface area contributed by atoms with Crippen LogP contribution in [0.25, 0.3) is 0 Å². The number of guanidine groups is 1. The van der Waals surface area contributed by atoms with Crippen LogP contribution in [0.1, 0.15) is 31.4 Å². The molecule has 5 nitrogen and oxygen atoms in total. The Morgan fingerprint density at radius 1 is 1.26 bits per heavy atom. The van der Waals surface area contributed by atoms with Crippen molar-refractivity contribution in [2.75, 3.05) is 39.9 Å². The van der Waals surface area contributed by atoms with Gasteiger partial charge in [-0.05, 0) is 25.3 Å². The van der Waals surface area contributed by atoms with Crippen molar-refractivity contribution < 1.29 is 4.74 Å². The first-order valence-electron chi connectivity index (χ1n) is 8.58. The van der Waals surface area contributed by atoms with Gasteiger partial charge in [0.05, 0.1) is 6.54 Å². The lowest BCUT2D eigenvalue weighted by Crippen LogP contribution is -2.58. The minimum absolute atomic E-state index is 0.0550. The fourth-order valence-electron chi connectivity index (χ4n) is 3.39. The maximum Gasteiger partial charge on any atom is 0.193 e. The molecule has 2 aliphatic heterocycles. The van der Waals surface area contributed by atoms with Gasteiger partial charge in [-0.25, -0.2) is 0 Å². The van der Waals surface area contributed by atoms with Crippen molar-refractivity contribution in [1.82, 2.24) is 15.5 Å². The number of hydrogen-bond donors (Lipinski definition) is 2. The molecule has 2 heterocycles. The van der Waals surface area contributed by atoms with Crippen molar-refractivity contribution in [3.05, 3.63) is 35.9 Å². The zero-order valence-corrected chi connectivity index (χ0v) is 14.2. The highest BCUT2D eigenvalue weighted by molar-refractivity contribution is 5.81. The molecule has 2 N–H and O–H groups in total. The third-order valence-corrected chi connectivity index (χ3v) is 4.92. The molecule has 1 saturated heterocycles. The standard InChI is InChI=1S/C18H28N4O/c1-15(16-6-4-3-5-7-16)21-18(8-12-23-13-9-18)14-20-17-19-10-11-22(17)2/h3-7,15,21H,8-14H2,1-2H3,(H,19,20). The largest absolute Gasteiger partial charge is 0.381 e. The Labute approximate surface area is 139 Å². The van der Waals surface area contributed by atoms with Crippen molar-refractivity contribution in [3.8, 4) is 0 Å². The Balaban J connectivity index is 1.66. The van der Waals surface area contributed by atoms with Crippen molar-refractivity contribution in [2.24, 2.45) is 4.99 Å². The van der Waals surface area contributed by atoms with Gasteiger partial charge in [-0.3, -0.25) is 4.99 Å². The SMILES string of the molecule is CC(NC1(CNC2=NCCN2C)CCOCC1)c1ccccc1. The van der Waals surface area contributed by atoms with Gasteiger partial charge in [-0.15, -0.1) is 0 Å². The molecule has 0 aromatic heterocycles. The van der Waals surface area contributed by atoms with Gasteiger partial charge in [-0.1, -0.05) is 30.3 Å². The zero-order valence-electron chi connectivity index (χ0n) is 14.2. The van der Waals surface area contributed by atoms with Crippen LogP contribution in [0.4, 0.5) is 0 Å². The first-order valence-corrected chi connectivity index (χ1v) is 8.58. The minimum atomic E-state index is 0.0550. The van der Waals surface area contributed by atoms with E-state index < -0.39 is 0 Å². The van der Waals surface area contributed by atoms with Gasteiger partial charge >= 0.3 is 0 Å². The molecule has 5 heteroatoms. The Kier molecular flexibility index (Phi) is 5.18. The molecule has 126 valence electrons. The molecule has 2 aliphatic rings. The van der Waals surface area contributed by atoms with E-state index in [1.807, 2.05) is 0 Å². The van der Waals surface area contributed by atoms with Crippen LogP contribution < -0.4 is 10.6 Å². The van der Waals surface area contributed by atoms with Crippen molar-refractivity contribution >= 4 is 5.96 Å². The lowest BCUT2D eigenvalue weighted by atomic mass is 9.88. The summed E-state index contributed by atoms with van der Waals surface area (Å²) in [6.07, 6.45) is 2.04. The predicted molar refractivity (Wildman–Crippen MR) is 93.7 cm³/mol. The molecule has 0 radical (unpaired) electrons. The highest BCUT2D eigenvalue weighted by Gasteiger charge is 2.34. The molecule has 23 heavy (non-hydrogen) atoms. The number of nitrogens with one attached hydrogen (secondary N) is 2. The van der Waals surface area contributed by atoms with E-state index >= 15 is 0 Å². The summed E-state index contributed by atoms with van der Waals surface area (Å²) in [5, 5.41) is 7.43. The zero-order chi connectivity index (χ0) is 16.1. The first kappa shape index (κ1) is 16.3. The van der Waals surface area contributed by atoms with Gasteiger partial charge in [0.15, 0.2) is 5.96 Å². The van der Waals surface area contributed by atoms with Crippen LogP contribution >= 0.6 is 0 Å². The Morgan fingerprint density at radius 3 is 2.65 bits per heavy atom. The first-order chi connectivity index (χ1) is 11.2.